The zero-order chi connectivity index (χ0) is 8.20. The SMILES string of the molecule is O=C([O-])CNCP(=O)([O-])[O-].[K+].[K+].[K+]. The van der Waals surface area contributed by atoms with Crippen LogP contribution in [0, 0.1) is 0 Å². The van der Waals surface area contributed by atoms with E-state index in [1.165, 1.54) is 0 Å². The van der Waals surface area contributed by atoms with E-state index in [2.05, 4.69) is 0 Å². The molecule has 0 spiro atoms. The van der Waals surface area contributed by atoms with Crippen LogP contribution in [0.5, 0.6) is 0 Å². The molecule has 0 aliphatic carbocycles. The van der Waals surface area contributed by atoms with Gasteiger partial charge in [-0.15, -0.1) is 0 Å². The van der Waals surface area contributed by atoms with Crippen molar-refractivity contribution in [2.75, 3.05) is 12.8 Å². The molecule has 0 heterocycles. The van der Waals surface area contributed by atoms with Crippen LogP contribution in [0.15, 0.2) is 0 Å². The summed E-state index contributed by atoms with van der Waals surface area (Å²) in [5.41, 5.74) is 0. The Bertz CT molecular complexity index is 172. The van der Waals surface area contributed by atoms with Gasteiger partial charge in [-0.3, -0.25) is 0 Å². The Morgan fingerprint density at radius 2 is 1.62 bits per heavy atom. The van der Waals surface area contributed by atoms with Crippen LogP contribution in [-0.2, 0) is 9.36 Å². The number of hydrogen-bond donors (Lipinski definition) is 1. The average molecular weight is 283 g/mol. The van der Waals surface area contributed by atoms with E-state index in [1.54, 1.807) is 0 Å². The van der Waals surface area contributed by atoms with Gasteiger partial charge in [-0.2, -0.15) is 0 Å². The summed E-state index contributed by atoms with van der Waals surface area (Å²) >= 11 is 0. The van der Waals surface area contributed by atoms with Crippen LogP contribution in [-0.4, -0.2) is 18.8 Å². The van der Waals surface area contributed by atoms with E-state index in [0.29, 0.717) is 0 Å². The molecule has 0 aromatic heterocycles. The summed E-state index contributed by atoms with van der Waals surface area (Å²) in [5, 5.41) is 11.5. The first-order valence-electron chi connectivity index (χ1n) is 2.33. The molecule has 0 aromatic rings. The Hall–Kier alpha value is 4.49. The van der Waals surface area contributed by atoms with Crippen molar-refractivity contribution in [1.82, 2.24) is 5.32 Å². The predicted octanol–water partition coefficient (Wildman–Crippen LogP) is -12.8. The van der Waals surface area contributed by atoms with Gasteiger partial charge in [0.1, 0.15) is 0 Å². The van der Waals surface area contributed by atoms with Gasteiger partial charge in [0.15, 0.2) is 0 Å². The maximum Gasteiger partial charge on any atom is 1.00 e. The molecule has 0 amide bonds. The number of carbonyl (C=O) groups is 1. The third-order valence-electron chi connectivity index (χ3n) is 0.575. The first-order chi connectivity index (χ1) is 4.42. The second-order valence-corrected chi connectivity index (χ2v) is 3.11. The van der Waals surface area contributed by atoms with E-state index >= 15 is 0 Å². The number of rotatable bonds is 4. The molecular weight excluding hydrogens is 278 g/mol. The number of carbonyl (C=O) groups excluding carboxylic acids is 1. The third kappa shape index (κ3) is 26.2. The quantitative estimate of drug-likeness (QED) is 0.404. The fourth-order valence-corrected chi connectivity index (χ4v) is 0.681. The maximum atomic E-state index is 9.81. The van der Waals surface area contributed by atoms with Crippen molar-refractivity contribution in [1.29, 1.82) is 0 Å². The monoisotopic (exact) mass is 283 g/mol. The van der Waals surface area contributed by atoms with Gasteiger partial charge in [0, 0.05) is 12.8 Å². The summed E-state index contributed by atoms with van der Waals surface area (Å²) in [6.45, 7) is -0.630. The van der Waals surface area contributed by atoms with Crippen LogP contribution in [0.4, 0.5) is 0 Å². The van der Waals surface area contributed by atoms with Crippen LogP contribution in [0.25, 0.3) is 0 Å². The van der Waals surface area contributed by atoms with Gasteiger partial charge in [-0.1, -0.05) is 7.60 Å². The smallest absolute Gasteiger partial charge is 0.810 e. The summed E-state index contributed by atoms with van der Waals surface area (Å²) in [7, 11) is -4.62. The second kappa shape index (κ2) is 14.5. The van der Waals surface area contributed by atoms with Gasteiger partial charge in [0.25, 0.3) is 0 Å². The van der Waals surface area contributed by atoms with E-state index in [4.69, 9.17) is 0 Å². The summed E-state index contributed by atoms with van der Waals surface area (Å²) < 4.78 is 9.81. The van der Waals surface area contributed by atoms with E-state index in [1.807, 2.05) is 5.32 Å². The summed E-state index contributed by atoms with van der Waals surface area (Å²) in [5.74, 6) is -1.45. The van der Waals surface area contributed by atoms with Crippen LogP contribution < -0.4 is 174 Å². The molecule has 0 aromatic carbocycles. The fraction of sp³-hybridized carbons (Fsp3) is 0.667. The first-order valence-corrected chi connectivity index (χ1v) is 4.06. The Morgan fingerprint density at radius 3 is 1.85 bits per heavy atom. The molecule has 13 heavy (non-hydrogen) atoms. The molecule has 0 saturated carbocycles. The molecule has 6 nitrogen and oxygen atoms in total. The van der Waals surface area contributed by atoms with Gasteiger partial charge < -0.3 is 29.6 Å². The first kappa shape index (κ1) is 26.1. The summed E-state index contributed by atoms with van der Waals surface area (Å²) in [4.78, 5) is 29.2. The predicted molar refractivity (Wildman–Crippen MR) is 25.5 cm³/mol. The Kier molecular flexibility index (Phi) is 29.2. The Balaban J connectivity index is -0.000000135. The number of hydrogen-bond acceptors (Lipinski definition) is 6. The van der Waals surface area contributed by atoms with Crippen LogP contribution in [0.2, 0.25) is 0 Å². The maximum absolute atomic E-state index is 9.81. The van der Waals surface area contributed by atoms with Crippen molar-refractivity contribution < 1.29 is 178 Å². The van der Waals surface area contributed by atoms with Gasteiger partial charge >= 0.3 is 154 Å². The van der Waals surface area contributed by atoms with Gasteiger partial charge in [-0.25, -0.2) is 0 Å². The zero-order valence-electron chi connectivity index (χ0n) is 7.90. The molecule has 0 bridgehead atoms. The molecule has 60 valence electrons. The number of carboxylic acids is 1. The largest absolute Gasteiger partial charge is 1.00 e. The number of aliphatic carboxylic acids is 1. The van der Waals surface area contributed by atoms with Crippen molar-refractivity contribution in [3.63, 3.8) is 0 Å². The zero-order valence-corrected chi connectivity index (χ0v) is 18.2. The van der Waals surface area contributed by atoms with Crippen LogP contribution in [0.1, 0.15) is 0 Å². The number of carboxylic acid groups (broad SMARTS) is 1. The second-order valence-electron chi connectivity index (χ2n) is 1.57. The topological polar surface area (TPSA) is 115 Å². The van der Waals surface area contributed by atoms with Crippen molar-refractivity contribution in [2.24, 2.45) is 0 Å². The van der Waals surface area contributed by atoms with Crippen LogP contribution >= 0.6 is 7.60 Å². The van der Waals surface area contributed by atoms with E-state index < -0.39 is 26.4 Å². The standard InChI is InChI=1S/C3H8NO5P.3K/c5-3(6)1-4-2-10(7,8)9;;;/h4H,1-2H2,(H,5,6)(H2,7,8,9);;;/q;3*+1/p-3. The molecular formula is C3H5K3NO5P. The van der Waals surface area contributed by atoms with Gasteiger partial charge in [0.2, 0.25) is 0 Å². The van der Waals surface area contributed by atoms with Crippen molar-refractivity contribution >= 4 is 13.6 Å². The fourth-order valence-electron chi connectivity index (χ4n) is 0.295. The molecule has 0 radical (unpaired) electrons. The Morgan fingerprint density at radius 1 is 1.23 bits per heavy atom. The average Bonchev–Trinajstić information content (AvgIpc) is 1.59. The molecule has 0 unspecified atom stereocenters. The van der Waals surface area contributed by atoms with Crippen LogP contribution in [0.3, 0.4) is 0 Å². The molecule has 0 atom stereocenters. The van der Waals surface area contributed by atoms with Gasteiger partial charge in [0.05, 0.1) is 5.97 Å². The van der Waals surface area contributed by atoms with E-state index in [9.17, 15) is 24.3 Å². The van der Waals surface area contributed by atoms with Crippen molar-refractivity contribution in [3.8, 4) is 0 Å². The molecule has 0 fully saturated rings. The summed E-state index contributed by atoms with van der Waals surface area (Å²) in [6.07, 6.45) is -0.860. The number of nitrogens with one attached hydrogen (secondary N) is 1. The summed E-state index contributed by atoms with van der Waals surface area (Å²) in [6, 6.07) is 0. The molecule has 10 heteroatoms. The normalized spacial score (nSPS) is 8.77. The molecule has 0 saturated heterocycles. The minimum Gasteiger partial charge on any atom is -0.810 e. The van der Waals surface area contributed by atoms with Gasteiger partial charge in [-0.05, 0) is 0 Å². The van der Waals surface area contributed by atoms with Crippen molar-refractivity contribution in [3.05, 3.63) is 0 Å². The third-order valence-corrected chi connectivity index (χ3v) is 1.19. The molecule has 1 N–H and O–H groups in total. The van der Waals surface area contributed by atoms with Crippen molar-refractivity contribution in [2.45, 2.75) is 0 Å². The van der Waals surface area contributed by atoms with E-state index in [-0.39, 0.29) is 154 Å². The minimum absolute atomic E-state index is 0. The Labute approximate surface area is 204 Å². The molecule has 0 rings (SSSR count). The molecule has 0 aliphatic rings. The molecule has 0 aliphatic heterocycles. The minimum atomic E-state index is -4.62. The van der Waals surface area contributed by atoms with E-state index in [0.717, 1.165) is 0 Å².